The summed E-state index contributed by atoms with van der Waals surface area (Å²) in [5.74, 6) is -0.0164. The van der Waals surface area contributed by atoms with Crippen LogP contribution in [0.3, 0.4) is 0 Å². The fourth-order valence-corrected chi connectivity index (χ4v) is 6.70. The van der Waals surface area contributed by atoms with E-state index in [-0.39, 0.29) is 24.0 Å². The number of ether oxygens (including phenoxy) is 1. The Kier molecular flexibility index (Phi) is 7.90. The first-order valence-corrected chi connectivity index (χ1v) is 16.6. The number of rotatable bonds is 8. The number of fused-ring (bicyclic) bond motifs is 2. The second-order valence-electron chi connectivity index (χ2n) is 11.4. The van der Waals surface area contributed by atoms with E-state index in [1.165, 1.54) is 23.5 Å². The molecule has 1 aliphatic rings. The van der Waals surface area contributed by atoms with E-state index in [2.05, 4.69) is 4.98 Å². The minimum Gasteiger partial charge on any atom is -0.495 e. The lowest BCUT2D eigenvalue weighted by Gasteiger charge is -2.34. The molecule has 0 unspecified atom stereocenters. The van der Waals surface area contributed by atoms with Gasteiger partial charge in [0.1, 0.15) is 28.6 Å². The van der Waals surface area contributed by atoms with Crippen LogP contribution in [-0.2, 0) is 10.0 Å². The van der Waals surface area contributed by atoms with Gasteiger partial charge < -0.3 is 19.0 Å². The maximum Gasteiger partial charge on any atom is 0.270 e. The topological polar surface area (TPSA) is 113 Å². The molecule has 1 aliphatic heterocycles. The summed E-state index contributed by atoms with van der Waals surface area (Å²) in [6, 6.07) is 16.6. The number of carbonyl (C=O) groups is 2. The third-order valence-electron chi connectivity index (χ3n) is 8.60. The zero-order valence-electron chi connectivity index (χ0n) is 25.5. The largest absolute Gasteiger partial charge is 0.495 e. The number of aromatic nitrogens is 1. The number of piperidine rings is 1. The summed E-state index contributed by atoms with van der Waals surface area (Å²) in [5.41, 5.74) is 3.53. The highest BCUT2D eigenvalue weighted by Crippen LogP contribution is 2.42. The summed E-state index contributed by atoms with van der Waals surface area (Å²) in [4.78, 5) is 32.1. The number of H-pyrrole nitrogens is 1. The van der Waals surface area contributed by atoms with Crippen LogP contribution < -0.4 is 9.04 Å². The molecule has 0 bridgehead atoms. The highest BCUT2D eigenvalue weighted by atomic mass is 32.2. The number of anilines is 1. The average molecular weight is 632 g/mol. The number of carbonyl (C=O) groups excluding carboxylic acids is 2. The quantitative estimate of drug-likeness (QED) is 0.190. The number of ketones is 1. The number of hydrogen-bond donors (Lipinski definition) is 1. The van der Waals surface area contributed by atoms with Crippen molar-refractivity contribution >= 4 is 49.3 Å². The lowest BCUT2D eigenvalue weighted by atomic mass is 9.87. The molecule has 0 saturated carbocycles. The van der Waals surface area contributed by atoms with Crippen LogP contribution in [0.2, 0.25) is 0 Å². The number of halogens is 1. The van der Waals surface area contributed by atoms with Crippen LogP contribution >= 0.6 is 0 Å². The molecule has 45 heavy (non-hydrogen) atoms. The Bertz CT molecular complexity index is 2050. The maximum atomic E-state index is 13.8. The van der Waals surface area contributed by atoms with Crippen molar-refractivity contribution < 1.29 is 31.6 Å². The van der Waals surface area contributed by atoms with E-state index in [9.17, 15) is 22.4 Å². The molecular formula is C34H34FN3O6S. The lowest BCUT2D eigenvalue weighted by Crippen LogP contribution is -2.39. The predicted molar refractivity (Wildman–Crippen MR) is 172 cm³/mol. The predicted octanol–water partition coefficient (Wildman–Crippen LogP) is 6.74. The molecule has 1 saturated heterocycles. The second-order valence-corrected chi connectivity index (χ2v) is 13.4. The Labute approximate surface area is 260 Å². The molecular weight excluding hydrogens is 597 g/mol. The number of para-hydroxylation sites is 1. The molecule has 0 aliphatic carbocycles. The minimum atomic E-state index is -3.68. The van der Waals surface area contributed by atoms with Crippen LogP contribution in [-0.4, -0.2) is 63.5 Å². The number of methoxy groups -OCH3 is 1. The molecule has 1 amide bonds. The van der Waals surface area contributed by atoms with Crippen molar-refractivity contribution in [1.29, 1.82) is 0 Å². The lowest BCUT2D eigenvalue weighted by molar-refractivity contribution is 0.0702. The van der Waals surface area contributed by atoms with Crippen molar-refractivity contribution in [2.45, 2.75) is 32.1 Å². The number of sulfonamides is 1. The number of likely N-dealkylation sites (tertiary alicyclic amines) is 1. The first-order chi connectivity index (χ1) is 21.5. The van der Waals surface area contributed by atoms with Gasteiger partial charge in [-0.2, -0.15) is 0 Å². The summed E-state index contributed by atoms with van der Waals surface area (Å²) in [6.07, 6.45) is 2.75. The van der Waals surface area contributed by atoms with E-state index in [1.807, 2.05) is 30.3 Å². The second kappa shape index (κ2) is 11.7. The van der Waals surface area contributed by atoms with E-state index in [0.717, 1.165) is 17.2 Å². The normalized spacial score (nSPS) is 15.5. The first-order valence-electron chi connectivity index (χ1n) is 14.8. The maximum absolute atomic E-state index is 13.8. The number of nitrogens with zero attached hydrogens (tertiary/aromatic N) is 2. The molecule has 6 rings (SSSR count). The number of furan rings is 1. The van der Waals surface area contributed by atoms with Gasteiger partial charge in [0.05, 0.1) is 30.1 Å². The van der Waals surface area contributed by atoms with Gasteiger partial charge in [0.25, 0.3) is 5.91 Å². The van der Waals surface area contributed by atoms with Crippen molar-refractivity contribution in [1.82, 2.24) is 9.88 Å². The monoisotopic (exact) mass is 631 g/mol. The summed E-state index contributed by atoms with van der Waals surface area (Å²) in [5, 5.41) is 1.41. The van der Waals surface area contributed by atoms with Gasteiger partial charge in [0.2, 0.25) is 10.0 Å². The molecule has 5 aromatic rings. The van der Waals surface area contributed by atoms with Crippen LogP contribution in [0.25, 0.3) is 33.2 Å². The molecule has 11 heteroatoms. The highest BCUT2D eigenvalue weighted by molar-refractivity contribution is 7.92. The number of hydrogen-bond acceptors (Lipinski definition) is 6. The molecule has 1 atom stereocenters. The van der Waals surface area contributed by atoms with E-state index < -0.39 is 15.8 Å². The third-order valence-corrected chi connectivity index (χ3v) is 9.79. The van der Waals surface area contributed by atoms with Crippen molar-refractivity contribution in [2.24, 2.45) is 0 Å². The Hall–Kier alpha value is -4.64. The third kappa shape index (κ3) is 5.56. The van der Waals surface area contributed by atoms with Crippen LogP contribution in [0.1, 0.15) is 58.5 Å². The van der Waals surface area contributed by atoms with Crippen LogP contribution in [0.4, 0.5) is 10.1 Å². The van der Waals surface area contributed by atoms with Crippen LogP contribution in [0.5, 0.6) is 5.75 Å². The fourth-order valence-electron chi connectivity index (χ4n) is 6.18. The highest BCUT2D eigenvalue weighted by Gasteiger charge is 2.32. The van der Waals surface area contributed by atoms with Crippen molar-refractivity contribution in [2.75, 3.05) is 37.8 Å². The molecule has 3 heterocycles. The summed E-state index contributed by atoms with van der Waals surface area (Å²) in [6.45, 7) is 2.65. The fraction of sp³-hybridized carbons (Fsp3) is 0.294. The van der Waals surface area contributed by atoms with Gasteiger partial charge in [-0.05, 0) is 60.9 Å². The van der Waals surface area contributed by atoms with Crippen LogP contribution in [0, 0.1) is 5.82 Å². The molecule has 3 aromatic carbocycles. The molecule has 234 valence electrons. The van der Waals surface area contributed by atoms with Crippen molar-refractivity contribution in [3.63, 3.8) is 0 Å². The van der Waals surface area contributed by atoms with E-state index in [0.29, 0.717) is 76.5 Å². The summed E-state index contributed by atoms with van der Waals surface area (Å²) < 4.78 is 52.2. The van der Waals surface area contributed by atoms with E-state index >= 15 is 0 Å². The number of benzene rings is 3. The number of nitrogens with one attached hydrogen (secondary N) is 1. The molecule has 9 nitrogen and oxygen atoms in total. The van der Waals surface area contributed by atoms with Gasteiger partial charge in [0, 0.05) is 54.9 Å². The first kappa shape index (κ1) is 30.4. The molecule has 1 fully saturated rings. The zero-order valence-corrected chi connectivity index (χ0v) is 26.3. The Morgan fingerprint density at radius 1 is 1.13 bits per heavy atom. The van der Waals surface area contributed by atoms with Crippen LogP contribution in [0.15, 0.2) is 65.1 Å². The number of aromatic amines is 1. The minimum absolute atomic E-state index is 0.155. The van der Waals surface area contributed by atoms with Gasteiger partial charge in [-0.25, -0.2) is 12.8 Å². The molecule has 0 spiro atoms. The van der Waals surface area contributed by atoms with Gasteiger partial charge in [-0.3, -0.25) is 13.9 Å². The Balaban J connectivity index is 1.45. The average Bonchev–Trinajstić information content (AvgIpc) is 3.65. The summed E-state index contributed by atoms with van der Waals surface area (Å²) in [7, 11) is -0.618. The number of amides is 1. The Morgan fingerprint density at radius 3 is 2.58 bits per heavy atom. The van der Waals surface area contributed by atoms with Gasteiger partial charge >= 0.3 is 0 Å². The van der Waals surface area contributed by atoms with Gasteiger partial charge in [-0.15, -0.1) is 0 Å². The van der Waals surface area contributed by atoms with Crippen molar-refractivity contribution in [3.8, 4) is 17.1 Å². The SMILES string of the molecule is CCC(=O)c1c(-c2ccc(F)cc2)oc2cc(N(C)S(C)(=O)=O)c([C@H]3CCCN(C(=O)c4cc5cccc(OC)c5[nH]4)C3)cc12. The molecule has 0 radical (unpaired) electrons. The van der Waals surface area contributed by atoms with Crippen molar-refractivity contribution in [3.05, 3.63) is 83.3 Å². The molecule has 2 aromatic heterocycles. The Morgan fingerprint density at radius 2 is 1.89 bits per heavy atom. The summed E-state index contributed by atoms with van der Waals surface area (Å²) >= 11 is 0. The zero-order chi connectivity index (χ0) is 32.0. The standard InChI is InChI=1S/C34H34FN3O6S/c1-5-28(39)31-25-17-24(27(37(2)45(4,41)42)18-30(25)44-33(31)20-11-13-23(35)14-12-20)22-9-7-15-38(19-22)34(40)26-16-21-8-6-10-29(43-3)32(21)36-26/h6,8,10-14,16-18,22,36H,5,7,9,15,19H2,1-4H3/t22-/m0/s1. The smallest absolute Gasteiger partial charge is 0.270 e. The molecule has 1 N–H and O–H groups in total. The van der Waals surface area contributed by atoms with Gasteiger partial charge in [0.15, 0.2) is 5.78 Å². The van der Waals surface area contributed by atoms with Gasteiger partial charge in [-0.1, -0.05) is 19.1 Å². The number of Topliss-reactive ketones (excluding diaryl/α,β-unsaturated/α-hetero) is 1. The van der Waals surface area contributed by atoms with E-state index in [1.54, 1.807) is 37.1 Å². The van der Waals surface area contributed by atoms with E-state index in [4.69, 9.17) is 9.15 Å².